The van der Waals surface area contributed by atoms with Gasteiger partial charge in [-0.05, 0) is 32.1 Å². The number of likely N-dealkylation sites (tertiary alicyclic amines) is 1. The average molecular weight is 447 g/mol. The first-order valence-electron chi connectivity index (χ1n) is 11.9. The molecule has 1 amide bonds. The number of anilines is 1. The Morgan fingerprint density at radius 2 is 1.94 bits per heavy atom. The minimum absolute atomic E-state index is 0.0186. The van der Waals surface area contributed by atoms with Crippen LogP contribution in [-0.4, -0.2) is 88.6 Å². The Balaban J connectivity index is 1.18. The smallest absolute Gasteiger partial charge is 0.407 e. The highest BCUT2D eigenvalue weighted by Gasteiger charge is 2.46. The van der Waals surface area contributed by atoms with Gasteiger partial charge in [0.1, 0.15) is 12.0 Å². The van der Waals surface area contributed by atoms with Gasteiger partial charge < -0.3 is 20.1 Å². The molecule has 3 saturated heterocycles. The number of amides is 1. The maximum absolute atomic E-state index is 13.6. The molecule has 4 fully saturated rings. The Bertz CT molecular complexity index is 898. The number of aromatic nitrogens is 2. The second kappa shape index (κ2) is 7.69. The van der Waals surface area contributed by atoms with E-state index in [-0.39, 0.29) is 17.5 Å². The summed E-state index contributed by atoms with van der Waals surface area (Å²) < 4.78 is 19.7. The Hall–Kier alpha value is -2.20. The molecule has 10 heteroatoms. The molecule has 1 aliphatic carbocycles. The van der Waals surface area contributed by atoms with Crippen molar-refractivity contribution in [2.24, 2.45) is 5.41 Å². The van der Waals surface area contributed by atoms with Crippen LogP contribution in [0.5, 0.6) is 6.01 Å². The Morgan fingerprint density at radius 3 is 2.59 bits per heavy atom. The lowest BCUT2D eigenvalue weighted by atomic mass is 10.1. The van der Waals surface area contributed by atoms with Crippen LogP contribution >= 0.6 is 0 Å². The fraction of sp³-hybridized carbons (Fsp3) is 0.773. The van der Waals surface area contributed by atoms with E-state index in [0.717, 1.165) is 62.4 Å². The van der Waals surface area contributed by atoms with Gasteiger partial charge in [-0.2, -0.15) is 9.97 Å². The zero-order valence-corrected chi connectivity index (χ0v) is 18.3. The summed E-state index contributed by atoms with van der Waals surface area (Å²) in [7, 11) is 0. The summed E-state index contributed by atoms with van der Waals surface area (Å²) in [6.07, 6.45) is 3.13. The molecule has 6 rings (SSSR count). The van der Waals surface area contributed by atoms with E-state index in [4.69, 9.17) is 9.72 Å². The van der Waals surface area contributed by atoms with E-state index in [1.165, 1.54) is 0 Å². The van der Waals surface area contributed by atoms with Gasteiger partial charge in [0, 0.05) is 56.8 Å². The van der Waals surface area contributed by atoms with E-state index in [2.05, 4.69) is 20.1 Å². The van der Waals surface area contributed by atoms with E-state index in [9.17, 15) is 14.3 Å². The maximum atomic E-state index is 13.6. The lowest BCUT2D eigenvalue weighted by molar-refractivity contribution is 0.114. The van der Waals surface area contributed by atoms with Crippen LogP contribution in [0.15, 0.2) is 0 Å². The van der Waals surface area contributed by atoms with E-state index in [0.29, 0.717) is 45.2 Å². The van der Waals surface area contributed by atoms with Crippen molar-refractivity contribution in [1.82, 2.24) is 25.1 Å². The molecule has 1 saturated carbocycles. The topological polar surface area (TPSA) is 94.1 Å². The predicted molar refractivity (Wildman–Crippen MR) is 115 cm³/mol. The largest absolute Gasteiger partial charge is 0.465 e. The fourth-order valence-electron chi connectivity index (χ4n) is 5.99. The van der Waals surface area contributed by atoms with Gasteiger partial charge in [0.15, 0.2) is 0 Å². The Morgan fingerprint density at radius 1 is 1.16 bits per heavy atom. The van der Waals surface area contributed by atoms with Crippen LogP contribution in [0.4, 0.5) is 15.0 Å². The second-order valence-electron chi connectivity index (χ2n) is 10.2. The molecule has 0 spiro atoms. The summed E-state index contributed by atoms with van der Waals surface area (Å²) in [5.41, 5.74) is 2.17. The molecule has 0 aromatic carbocycles. The monoisotopic (exact) mass is 446 g/mol. The number of hydrogen-bond donors (Lipinski definition) is 2. The number of nitrogens with one attached hydrogen (secondary N) is 1. The molecule has 1 aromatic rings. The zero-order valence-electron chi connectivity index (χ0n) is 18.3. The molecule has 2 N–H and O–H groups in total. The van der Waals surface area contributed by atoms with Crippen LogP contribution in [0.3, 0.4) is 0 Å². The van der Waals surface area contributed by atoms with Gasteiger partial charge in [-0.25, -0.2) is 9.18 Å². The number of piperazine rings is 1. The van der Waals surface area contributed by atoms with Crippen molar-refractivity contribution in [1.29, 1.82) is 0 Å². The molecule has 174 valence electrons. The highest BCUT2D eigenvalue weighted by atomic mass is 19.1. The van der Waals surface area contributed by atoms with Crippen molar-refractivity contribution in [2.45, 2.75) is 63.4 Å². The summed E-state index contributed by atoms with van der Waals surface area (Å²) in [5, 5.41) is 12.9. The van der Waals surface area contributed by atoms with E-state index >= 15 is 0 Å². The number of carboxylic acid groups (broad SMARTS) is 1. The van der Waals surface area contributed by atoms with Crippen molar-refractivity contribution in [2.75, 3.05) is 44.2 Å². The minimum atomic E-state index is -0.817. The lowest BCUT2D eigenvalue weighted by Gasteiger charge is -2.40. The molecular weight excluding hydrogens is 415 g/mol. The third-order valence-corrected chi connectivity index (χ3v) is 7.89. The molecule has 5 aliphatic rings. The number of ether oxygens (including phenoxy) is 1. The molecule has 3 atom stereocenters. The zero-order chi connectivity index (χ0) is 21.9. The summed E-state index contributed by atoms with van der Waals surface area (Å²) in [6, 6.07) is 0.446. The minimum Gasteiger partial charge on any atom is -0.465 e. The van der Waals surface area contributed by atoms with Crippen molar-refractivity contribution >= 4 is 11.9 Å². The van der Waals surface area contributed by atoms with Crippen LogP contribution in [0.1, 0.15) is 43.4 Å². The van der Waals surface area contributed by atoms with Crippen LogP contribution in [0.25, 0.3) is 0 Å². The summed E-state index contributed by atoms with van der Waals surface area (Å²) >= 11 is 0. The van der Waals surface area contributed by atoms with Crippen molar-refractivity contribution in [3.05, 3.63) is 11.3 Å². The number of hydrogen-bond acceptors (Lipinski definition) is 7. The normalized spacial score (nSPS) is 30.6. The van der Waals surface area contributed by atoms with Gasteiger partial charge in [0.05, 0.1) is 24.4 Å². The van der Waals surface area contributed by atoms with Crippen LogP contribution in [0.2, 0.25) is 0 Å². The Kier molecular flexibility index (Phi) is 4.90. The van der Waals surface area contributed by atoms with Crippen LogP contribution in [-0.2, 0) is 13.1 Å². The third-order valence-electron chi connectivity index (χ3n) is 7.89. The van der Waals surface area contributed by atoms with Crippen LogP contribution in [0, 0.1) is 5.41 Å². The first-order valence-corrected chi connectivity index (χ1v) is 11.9. The first-order chi connectivity index (χ1) is 15.5. The highest BCUT2D eigenvalue weighted by molar-refractivity contribution is 5.67. The average Bonchev–Trinajstić information content (AvgIpc) is 3.06. The van der Waals surface area contributed by atoms with Gasteiger partial charge in [0.2, 0.25) is 0 Å². The summed E-state index contributed by atoms with van der Waals surface area (Å²) in [4.78, 5) is 27.2. The molecule has 4 aliphatic heterocycles. The molecule has 5 heterocycles. The number of rotatable bonds is 6. The quantitative estimate of drug-likeness (QED) is 0.681. The van der Waals surface area contributed by atoms with Gasteiger partial charge in [0.25, 0.3) is 0 Å². The standard InChI is InChI=1S/C22H31FN6O3/c23-14-3-6-27(9-14)12-22(4-5-22)13-32-20-25-18-8-24-7-17(18)19(26-20)28-10-15-1-2-16(11-28)29(15)21(30)31/h14-16,24H,1-13H2,(H,30,31)/t14-,15?,16?/m1/s1. The molecule has 1 aromatic heterocycles. The van der Waals surface area contributed by atoms with E-state index in [1.807, 2.05) is 0 Å². The molecule has 0 radical (unpaired) electrons. The number of fused-ring (bicyclic) bond motifs is 3. The molecule has 32 heavy (non-hydrogen) atoms. The summed E-state index contributed by atoms with van der Waals surface area (Å²) in [6.45, 7) is 5.56. The molecular formula is C22H31FN6O3. The van der Waals surface area contributed by atoms with Crippen LogP contribution < -0.4 is 15.0 Å². The van der Waals surface area contributed by atoms with Gasteiger partial charge in [-0.3, -0.25) is 9.80 Å². The van der Waals surface area contributed by atoms with E-state index in [1.54, 1.807) is 4.90 Å². The summed E-state index contributed by atoms with van der Waals surface area (Å²) in [5.74, 6) is 0.890. The van der Waals surface area contributed by atoms with Gasteiger partial charge >= 0.3 is 12.1 Å². The fourth-order valence-corrected chi connectivity index (χ4v) is 5.99. The number of halogens is 1. The first kappa shape index (κ1) is 20.4. The maximum Gasteiger partial charge on any atom is 0.407 e. The van der Waals surface area contributed by atoms with Gasteiger partial charge in [-0.15, -0.1) is 0 Å². The Labute approximate surface area is 186 Å². The number of nitrogens with zero attached hydrogens (tertiary/aromatic N) is 5. The number of alkyl halides is 1. The van der Waals surface area contributed by atoms with Crippen molar-refractivity contribution in [3.8, 4) is 6.01 Å². The van der Waals surface area contributed by atoms with Crippen molar-refractivity contribution < 1.29 is 19.0 Å². The third kappa shape index (κ3) is 3.67. The second-order valence-corrected chi connectivity index (χ2v) is 10.2. The highest BCUT2D eigenvalue weighted by Crippen LogP contribution is 2.47. The lowest BCUT2D eigenvalue weighted by Crippen LogP contribution is -2.56. The van der Waals surface area contributed by atoms with Gasteiger partial charge in [-0.1, -0.05) is 0 Å². The molecule has 2 bridgehead atoms. The molecule has 2 unspecified atom stereocenters. The number of carbonyl (C=O) groups is 1. The van der Waals surface area contributed by atoms with Crippen molar-refractivity contribution in [3.63, 3.8) is 0 Å². The predicted octanol–water partition coefficient (Wildman–Crippen LogP) is 1.61. The van der Waals surface area contributed by atoms with E-state index < -0.39 is 12.3 Å². The SMILES string of the molecule is O=C(O)N1C2CCC1CN(c1nc(OCC3(CN4CC[C@@H](F)C4)CC3)nc3c1CNC3)C2. The molecule has 9 nitrogen and oxygen atoms in total.